The molecule has 118 valence electrons. The summed E-state index contributed by atoms with van der Waals surface area (Å²) in [6.07, 6.45) is 8.48. The van der Waals surface area contributed by atoms with E-state index in [1.165, 1.54) is 64.7 Å². The summed E-state index contributed by atoms with van der Waals surface area (Å²) >= 11 is 0. The van der Waals surface area contributed by atoms with Crippen molar-refractivity contribution in [1.82, 2.24) is 10.2 Å². The van der Waals surface area contributed by atoms with Crippen LogP contribution in [0.2, 0.25) is 0 Å². The molecule has 1 heterocycles. The Morgan fingerprint density at radius 2 is 1.85 bits per heavy atom. The number of hydrogen-bond donors (Lipinski definition) is 1. The highest BCUT2D eigenvalue weighted by Crippen LogP contribution is 2.34. The van der Waals surface area contributed by atoms with Gasteiger partial charge in [0.2, 0.25) is 0 Å². The molecular formula is C18H36N2. The predicted octanol–water partition coefficient (Wildman–Crippen LogP) is 3.91. The fourth-order valence-corrected chi connectivity index (χ4v) is 4.05. The van der Waals surface area contributed by atoms with Crippen LogP contribution < -0.4 is 5.32 Å². The first kappa shape index (κ1) is 16.3. The molecule has 1 aliphatic carbocycles. The summed E-state index contributed by atoms with van der Waals surface area (Å²) in [5.41, 5.74) is 0.481. The summed E-state index contributed by atoms with van der Waals surface area (Å²) in [5.74, 6) is 1.83. The van der Waals surface area contributed by atoms with Crippen LogP contribution in [0, 0.1) is 17.3 Å². The molecule has 0 amide bonds. The van der Waals surface area contributed by atoms with Crippen molar-refractivity contribution in [2.45, 2.75) is 72.3 Å². The van der Waals surface area contributed by atoms with Gasteiger partial charge in [-0.2, -0.15) is 0 Å². The van der Waals surface area contributed by atoms with E-state index in [0.717, 1.165) is 17.9 Å². The number of nitrogens with zero attached hydrogens (tertiary/aromatic N) is 1. The lowest BCUT2D eigenvalue weighted by Gasteiger charge is -2.31. The largest absolute Gasteiger partial charge is 0.312 e. The maximum Gasteiger partial charge on any atom is 0.0223 e. The molecule has 2 rings (SSSR count). The van der Waals surface area contributed by atoms with Crippen molar-refractivity contribution in [2.75, 3.05) is 26.2 Å². The summed E-state index contributed by atoms with van der Waals surface area (Å²) < 4.78 is 0. The van der Waals surface area contributed by atoms with Gasteiger partial charge < -0.3 is 10.2 Å². The van der Waals surface area contributed by atoms with Crippen molar-refractivity contribution < 1.29 is 0 Å². The summed E-state index contributed by atoms with van der Waals surface area (Å²) in [6, 6.07) is 0.746. The number of nitrogens with one attached hydrogen (secondary N) is 1. The molecule has 1 N–H and O–H groups in total. The lowest BCUT2D eigenvalue weighted by atomic mass is 9.80. The molecule has 0 aromatic rings. The Balaban J connectivity index is 1.84. The first-order chi connectivity index (χ1) is 9.50. The third kappa shape index (κ3) is 4.46. The van der Waals surface area contributed by atoms with Crippen LogP contribution in [-0.4, -0.2) is 37.1 Å². The van der Waals surface area contributed by atoms with Crippen LogP contribution in [0.5, 0.6) is 0 Å². The van der Waals surface area contributed by atoms with E-state index in [1.54, 1.807) is 0 Å². The van der Waals surface area contributed by atoms with Gasteiger partial charge in [-0.15, -0.1) is 0 Å². The Kier molecular flexibility index (Phi) is 5.92. The van der Waals surface area contributed by atoms with Crippen molar-refractivity contribution in [3.8, 4) is 0 Å². The Hall–Kier alpha value is -0.0800. The molecule has 1 aliphatic heterocycles. The first-order valence-electron chi connectivity index (χ1n) is 8.96. The second kappa shape index (κ2) is 7.26. The van der Waals surface area contributed by atoms with Gasteiger partial charge in [0.25, 0.3) is 0 Å². The topological polar surface area (TPSA) is 15.3 Å². The molecule has 2 nitrogen and oxygen atoms in total. The number of likely N-dealkylation sites (tertiary alicyclic amines) is 1. The fourth-order valence-electron chi connectivity index (χ4n) is 4.05. The van der Waals surface area contributed by atoms with Crippen LogP contribution in [0.1, 0.15) is 66.2 Å². The molecule has 0 aromatic carbocycles. The normalized spacial score (nSPS) is 27.3. The molecule has 2 heteroatoms. The summed E-state index contributed by atoms with van der Waals surface area (Å²) in [7, 11) is 0. The Bertz CT molecular complexity index is 276. The molecule has 0 aromatic heterocycles. The average molecular weight is 281 g/mol. The van der Waals surface area contributed by atoms with Crippen LogP contribution in [-0.2, 0) is 0 Å². The second-order valence-electron chi connectivity index (χ2n) is 8.22. The van der Waals surface area contributed by atoms with Gasteiger partial charge in [0, 0.05) is 19.1 Å². The third-order valence-corrected chi connectivity index (χ3v) is 5.58. The average Bonchev–Trinajstić information content (AvgIpc) is 3.04. The Labute approximate surface area is 126 Å². The smallest absolute Gasteiger partial charge is 0.0223 e. The zero-order valence-corrected chi connectivity index (χ0v) is 14.3. The van der Waals surface area contributed by atoms with Crippen molar-refractivity contribution in [3.63, 3.8) is 0 Å². The van der Waals surface area contributed by atoms with Crippen molar-refractivity contribution in [1.29, 1.82) is 0 Å². The fraction of sp³-hybridized carbons (Fsp3) is 1.00. The van der Waals surface area contributed by atoms with Gasteiger partial charge in [-0.05, 0) is 56.0 Å². The standard InChI is InChI=1S/C18H36N2/c1-5-11-19-17(15-8-6-7-9-15)14-20-12-10-16(13-20)18(2,3)4/h15-17,19H,5-14H2,1-4H3. The summed E-state index contributed by atoms with van der Waals surface area (Å²) in [5, 5.41) is 3.85. The van der Waals surface area contributed by atoms with Gasteiger partial charge in [-0.3, -0.25) is 0 Å². The highest BCUT2D eigenvalue weighted by atomic mass is 15.2. The van der Waals surface area contributed by atoms with E-state index in [0.29, 0.717) is 5.41 Å². The maximum atomic E-state index is 3.85. The van der Waals surface area contributed by atoms with E-state index < -0.39 is 0 Å². The summed E-state index contributed by atoms with van der Waals surface area (Å²) in [6.45, 7) is 14.6. The minimum Gasteiger partial charge on any atom is -0.312 e. The van der Waals surface area contributed by atoms with Gasteiger partial charge in [-0.1, -0.05) is 40.5 Å². The molecule has 2 fully saturated rings. The van der Waals surface area contributed by atoms with E-state index >= 15 is 0 Å². The minimum absolute atomic E-state index is 0.481. The van der Waals surface area contributed by atoms with Crippen LogP contribution in [0.15, 0.2) is 0 Å². The van der Waals surface area contributed by atoms with Gasteiger partial charge in [0.05, 0.1) is 0 Å². The van der Waals surface area contributed by atoms with Crippen molar-refractivity contribution in [2.24, 2.45) is 17.3 Å². The van der Waals surface area contributed by atoms with Crippen molar-refractivity contribution in [3.05, 3.63) is 0 Å². The molecule has 20 heavy (non-hydrogen) atoms. The molecular weight excluding hydrogens is 244 g/mol. The maximum absolute atomic E-state index is 3.85. The van der Waals surface area contributed by atoms with E-state index in [1.807, 2.05) is 0 Å². The lowest BCUT2D eigenvalue weighted by Crippen LogP contribution is -2.45. The molecule has 2 unspecified atom stereocenters. The highest BCUT2D eigenvalue weighted by Gasteiger charge is 2.34. The predicted molar refractivity (Wildman–Crippen MR) is 88.0 cm³/mol. The molecule has 1 saturated heterocycles. The van der Waals surface area contributed by atoms with E-state index in [-0.39, 0.29) is 0 Å². The van der Waals surface area contributed by atoms with Gasteiger partial charge in [-0.25, -0.2) is 0 Å². The molecule has 0 radical (unpaired) electrons. The van der Waals surface area contributed by atoms with E-state index in [4.69, 9.17) is 0 Å². The van der Waals surface area contributed by atoms with Gasteiger partial charge in [0.15, 0.2) is 0 Å². The Morgan fingerprint density at radius 3 is 2.40 bits per heavy atom. The van der Waals surface area contributed by atoms with E-state index in [2.05, 4.69) is 37.9 Å². The second-order valence-corrected chi connectivity index (χ2v) is 8.22. The molecule has 2 atom stereocenters. The van der Waals surface area contributed by atoms with Crippen LogP contribution in [0.25, 0.3) is 0 Å². The van der Waals surface area contributed by atoms with Crippen molar-refractivity contribution >= 4 is 0 Å². The van der Waals surface area contributed by atoms with Gasteiger partial charge >= 0.3 is 0 Å². The van der Waals surface area contributed by atoms with Gasteiger partial charge in [0.1, 0.15) is 0 Å². The van der Waals surface area contributed by atoms with Crippen LogP contribution >= 0.6 is 0 Å². The Morgan fingerprint density at radius 1 is 1.15 bits per heavy atom. The SMILES string of the molecule is CCCNC(CN1CCC(C(C)(C)C)C1)C1CCCC1. The molecule has 0 bridgehead atoms. The molecule has 0 spiro atoms. The molecule has 1 saturated carbocycles. The first-order valence-corrected chi connectivity index (χ1v) is 8.96. The van der Waals surface area contributed by atoms with E-state index in [9.17, 15) is 0 Å². The highest BCUT2D eigenvalue weighted by molar-refractivity contribution is 4.88. The third-order valence-electron chi connectivity index (χ3n) is 5.58. The monoisotopic (exact) mass is 280 g/mol. The zero-order valence-electron chi connectivity index (χ0n) is 14.3. The molecule has 2 aliphatic rings. The minimum atomic E-state index is 0.481. The summed E-state index contributed by atoms with van der Waals surface area (Å²) in [4.78, 5) is 2.74. The zero-order chi connectivity index (χ0) is 14.6. The number of rotatable bonds is 6. The van der Waals surface area contributed by atoms with Crippen LogP contribution in [0.4, 0.5) is 0 Å². The number of hydrogen-bond acceptors (Lipinski definition) is 2. The quantitative estimate of drug-likeness (QED) is 0.793. The lowest BCUT2D eigenvalue weighted by molar-refractivity contribution is 0.202. The van der Waals surface area contributed by atoms with Crippen LogP contribution in [0.3, 0.4) is 0 Å².